The fraction of sp³-hybridized carbons (Fsp3) is 0.200. The van der Waals surface area contributed by atoms with E-state index in [-0.39, 0.29) is 5.69 Å². The van der Waals surface area contributed by atoms with Gasteiger partial charge in [0.1, 0.15) is 0 Å². The summed E-state index contributed by atoms with van der Waals surface area (Å²) in [6, 6.07) is 0. The van der Waals surface area contributed by atoms with Crippen molar-refractivity contribution >= 4 is 21.9 Å². The molecule has 6 nitrogen and oxygen atoms in total. The molecule has 0 aliphatic carbocycles. The summed E-state index contributed by atoms with van der Waals surface area (Å²) in [6.45, 7) is 1.81. The third-order valence-electron chi connectivity index (χ3n) is 2.30. The van der Waals surface area contributed by atoms with Crippen LogP contribution in [0.25, 0.3) is 11.4 Å². The van der Waals surface area contributed by atoms with Crippen LogP contribution in [0, 0.1) is 6.92 Å². The van der Waals surface area contributed by atoms with Gasteiger partial charge in [-0.15, -0.1) is 0 Å². The number of hydrogen-bond acceptors (Lipinski definition) is 4. The molecule has 17 heavy (non-hydrogen) atoms. The zero-order chi connectivity index (χ0) is 12.6. The smallest absolute Gasteiger partial charge is 0.354 e. The lowest BCUT2D eigenvalue weighted by molar-refractivity contribution is 0.0686. The number of halogens is 1. The topological polar surface area (TPSA) is 80.9 Å². The second-order valence-corrected chi connectivity index (χ2v) is 4.32. The van der Waals surface area contributed by atoms with Gasteiger partial charge in [0.05, 0.1) is 21.9 Å². The lowest BCUT2D eigenvalue weighted by atomic mass is 10.2. The number of hydrogen-bond donors (Lipinski definition) is 1. The second-order valence-electron chi connectivity index (χ2n) is 3.46. The monoisotopic (exact) mass is 296 g/mol. The lowest BCUT2D eigenvalue weighted by Crippen LogP contribution is -2.07. The highest BCUT2D eigenvalue weighted by atomic mass is 79.9. The van der Waals surface area contributed by atoms with Gasteiger partial charge in [-0.3, -0.25) is 4.68 Å². The van der Waals surface area contributed by atoms with E-state index in [9.17, 15) is 4.79 Å². The lowest BCUT2D eigenvalue weighted by Gasteiger charge is -2.02. The van der Waals surface area contributed by atoms with Crippen molar-refractivity contribution in [1.82, 2.24) is 19.7 Å². The number of aryl methyl sites for hydroxylation is 2. The van der Waals surface area contributed by atoms with Crippen molar-refractivity contribution in [3.8, 4) is 11.4 Å². The minimum Gasteiger partial charge on any atom is -0.477 e. The average molecular weight is 297 g/mol. The van der Waals surface area contributed by atoms with Crippen LogP contribution in [0.2, 0.25) is 0 Å². The van der Waals surface area contributed by atoms with Crippen molar-refractivity contribution in [3.63, 3.8) is 0 Å². The molecule has 2 aromatic heterocycles. The zero-order valence-electron chi connectivity index (χ0n) is 9.18. The normalized spacial score (nSPS) is 10.5. The van der Waals surface area contributed by atoms with Crippen LogP contribution in [0.1, 0.15) is 16.2 Å². The Morgan fingerprint density at radius 3 is 2.76 bits per heavy atom. The summed E-state index contributed by atoms with van der Waals surface area (Å²) in [4.78, 5) is 19.4. The highest BCUT2D eigenvalue weighted by Crippen LogP contribution is 2.22. The van der Waals surface area contributed by atoms with E-state index in [4.69, 9.17) is 5.11 Å². The molecule has 0 unspecified atom stereocenters. The SMILES string of the molecule is Cc1nc(-c2cnn(C)c2C(=O)O)ncc1Br. The van der Waals surface area contributed by atoms with Crippen molar-refractivity contribution in [2.24, 2.45) is 7.05 Å². The third-order valence-corrected chi connectivity index (χ3v) is 3.08. The van der Waals surface area contributed by atoms with E-state index >= 15 is 0 Å². The number of aromatic carboxylic acids is 1. The van der Waals surface area contributed by atoms with Crippen molar-refractivity contribution in [3.05, 3.63) is 28.3 Å². The molecule has 88 valence electrons. The largest absolute Gasteiger partial charge is 0.477 e. The fourth-order valence-corrected chi connectivity index (χ4v) is 1.63. The van der Waals surface area contributed by atoms with Gasteiger partial charge in [0.15, 0.2) is 11.5 Å². The first-order valence-corrected chi connectivity index (χ1v) is 5.55. The molecule has 0 aliphatic heterocycles. The van der Waals surface area contributed by atoms with Gasteiger partial charge in [-0.1, -0.05) is 0 Å². The molecule has 0 fully saturated rings. The van der Waals surface area contributed by atoms with Gasteiger partial charge in [0.25, 0.3) is 0 Å². The summed E-state index contributed by atoms with van der Waals surface area (Å²) in [5.41, 5.74) is 1.23. The van der Waals surface area contributed by atoms with Gasteiger partial charge >= 0.3 is 5.97 Å². The van der Waals surface area contributed by atoms with Gasteiger partial charge in [-0.2, -0.15) is 5.10 Å². The van der Waals surface area contributed by atoms with E-state index < -0.39 is 5.97 Å². The van der Waals surface area contributed by atoms with Crippen LogP contribution in [-0.2, 0) is 7.05 Å². The van der Waals surface area contributed by atoms with E-state index in [1.54, 1.807) is 13.2 Å². The standard InChI is InChI=1S/C10H9BrN4O2/c1-5-7(11)4-12-9(14-5)6-3-13-15(2)8(6)10(16)17/h3-4H,1-2H3,(H,16,17). The zero-order valence-corrected chi connectivity index (χ0v) is 10.8. The maximum Gasteiger partial charge on any atom is 0.354 e. The number of carbonyl (C=O) groups is 1. The Kier molecular flexibility index (Phi) is 2.93. The highest BCUT2D eigenvalue weighted by Gasteiger charge is 2.19. The average Bonchev–Trinajstić information content (AvgIpc) is 2.64. The van der Waals surface area contributed by atoms with Crippen LogP contribution in [-0.4, -0.2) is 30.8 Å². The molecule has 7 heteroatoms. The van der Waals surface area contributed by atoms with Crippen molar-refractivity contribution in [2.45, 2.75) is 6.92 Å². The molecule has 2 aromatic rings. The van der Waals surface area contributed by atoms with E-state index in [0.717, 1.165) is 10.2 Å². The molecule has 0 bridgehead atoms. The molecule has 0 amide bonds. The summed E-state index contributed by atoms with van der Waals surface area (Å²) < 4.78 is 2.07. The second kappa shape index (κ2) is 4.25. The van der Waals surface area contributed by atoms with Gasteiger partial charge in [-0.25, -0.2) is 14.8 Å². The van der Waals surface area contributed by atoms with Gasteiger partial charge in [-0.05, 0) is 22.9 Å². The maximum absolute atomic E-state index is 11.1. The van der Waals surface area contributed by atoms with Gasteiger partial charge < -0.3 is 5.11 Å². The summed E-state index contributed by atoms with van der Waals surface area (Å²) in [5.74, 6) is -0.694. The van der Waals surface area contributed by atoms with E-state index in [2.05, 4.69) is 31.0 Å². The van der Waals surface area contributed by atoms with Gasteiger partial charge in [0.2, 0.25) is 0 Å². The Balaban J connectivity index is 2.60. The first-order chi connectivity index (χ1) is 8.00. The predicted molar refractivity (Wildman–Crippen MR) is 63.6 cm³/mol. The van der Waals surface area contributed by atoms with E-state index in [0.29, 0.717) is 11.4 Å². The summed E-state index contributed by atoms with van der Waals surface area (Å²) >= 11 is 3.29. The number of carboxylic acids is 1. The molecule has 0 atom stereocenters. The van der Waals surface area contributed by atoms with Crippen LogP contribution in [0.5, 0.6) is 0 Å². The molecule has 0 aromatic carbocycles. The highest BCUT2D eigenvalue weighted by molar-refractivity contribution is 9.10. The minimum atomic E-state index is -1.05. The summed E-state index contributed by atoms with van der Waals surface area (Å²) in [5, 5.41) is 13.0. The Bertz CT molecular complexity index is 594. The van der Waals surface area contributed by atoms with Crippen LogP contribution in [0.15, 0.2) is 16.9 Å². The molecule has 2 heterocycles. The summed E-state index contributed by atoms with van der Waals surface area (Å²) in [6.07, 6.45) is 3.04. The van der Waals surface area contributed by atoms with Crippen molar-refractivity contribution in [1.29, 1.82) is 0 Å². The molecule has 0 saturated carbocycles. The first-order valence-electron chi connectivity index (χ1n) is 4.75. The molecular formula is C10H9BrN4O2. The molecule has 0 spiro atoms. The van der Waals surface area contributed by atoms with Crippen LogP contribution in [0.4, 0.5) is 0 Å². The quantitative estimate of drug-likeness (QED) is 0.911. The molecule has 1 N–H and O–H groups in total. The van der Waals surface area contributed by atoms with Crippen LogP contribution in [0.3, 0.4) is 0 Å². The molecule has 0 radical (unpaired) electrons. The number of carboxylic acid groups (broad SMARTS) is 1. The Hall–Kier alpha value is -1.76. The number of nitrogens with zero attached hydrogens (tertiary/aromatic N) is 4. The van der Waals surface area contributed by atoms with Crippen LogP contribution >= 0.6 is 15.9 Å². The van der Waals surface area contributed by atoms with Crippen LogP contribution < -0.4 is 0 Å². The molecule has 0 saturated heterocycles. The summed E-state index contributed by atoms with van der Waals surface area (Å²) in [7, 11) is 1.57. The predicted octanol–water partition coefficient (Wildman–Crippen LogP) is 1.65. The van der Waals surface area contributed by atoms with Crippen molar-refractivity contribution in [2.75, 3.05) is 0 Å². The van der Waals surface area contributed by atoms with E-state index in [1.165, 1.54) is 10.9 Å². The molecular weight excluding hydrogens is 288 g/mol. The Morgan fingerprint density at radius 2 is 2.18 bits per heavy atom. The number of rotatable bonds is 2. The fourth-order valence-electron chi connectivity index (χ4n) is 1.44. The third kappa shape index (κ3) is 2.05. The Morgan fingerprint density at radius 1 is 1.47 bits per heavy atom. The Labute approximate surface area is 105 Å². The van der Waals surface area contributed by atoms with E-state index in [1.807, 2.05) is 6.92 Å². The molecule has 2 rings (SSSR count). The van der Waals surface area contributed by atoms with Crippen molar-refractivity contribution < 1.29 is 9.90 Å². The number of aromatic nitrogens is 4. The maximum atomic E-state index is 11.1. The van der Waals surface area contributed by atoms with Gasteiger partial charge in [0, 0.05) is 13.2 Å². The minimum absolute atomic E-state index is 0.0757. The molecule has 0 aliphatic rings. The first kappa shape index (κ1) is 11.7.